The van der Waals surface area contributed by atoms with Crippen LogP contribution in [0.5, 0.6) is 0 Å². The summed E-state index contributed by atoms with van der Waals surface area (Å²) in [7, 11) is 0. The predicted octanol–water partition coefficient (Wildman–Crippen LogP) is 4.28. The van der Waals surface area contributed by atoms with E-state index in [1.807, 2.05) is 6.07 Å². The molecule has 2 rings (SSSR count). The molecule has 0 bridgehead atoms. The molecule has 0 saturated heterocycles. The molecule has 0 unspecified atom stereocenters. The molecule has 2 heterocycles. The summed E-state index contributed by atoms with van der Waals surface area (Å²) >= 11 is 13.2. The van der Waals surface area contributed by atoms with Crippen molar-refractivity contribution in [1.82, 2.24) is 15.0 Å². The van der Waals surface area contributed by atoms with Gasteiger partial charge < -0.3 is 0 Å². The van der Waals surface area contributed by atoms with Crippen molar-refractivity contribution < 1.29 is 0 Å². The lowest BCUT2D eigenvalue weighted by molar-refractivity contribution is 0.809. The Kier molecular flexibility index (Phi) is 4.80. The van der Waals surface area contributed by atoms with E-state index in [1.54, 1.807) is 18.3 Å². The third kappa shape index (κ3) is 3.83. The smallest absolute Gasteiger partial charge is 0.133 e. The first-order valence-electron chi connectivity index (χ1n) is 5.50. The summed E-state index contributed by atoms with van der Waals surface area (Å²) in [5.41, 5.74) is 0. The Bertz CT molecular complexity index is 531. The van der Waals surface area contributed by atoms with Crippen LogP contribution in [-0.2, 0) is 6.42 Å². The zero-order chi connectivity index (χ0) is 13.0. The summed E-state index contributed by atoms with van der Waals surface area (Å²) < 4.78 is 0. The highest BCUT2D eigenvalue weighted by atomic mass is 35.5. The van der Waals surface area contributed by atoms with Crippen molar-refractivity contribution >= 4 is 35.0 Å². The van der Waals surface area contributed by atoms with Crippen LogP contribution in [0.4, 0.5) is 0 Å². The van der Waals surface area contributed by atoms with Gasteiger partial charge in [0.1, 0.15) is 21.0 Å². The zero-order valence-electron chi connectivity index (χ0n) is 9.73. The number of hydrogen-bond donors (Lipinski definition) is 0. The number of pyridine rings is 1. The van der Waals surface area contributed by atoms with Crippen molar-refractivity contribution in [3.8, 4) is 0 Å². The van der Waals surface area contributed by atoms with Gasteiger partial charge in [-0.3, -0.25) is 0 Å². The van der Waals surface area contributed by atoms with Crippen LogP contribution < -0.4 is 0 Å². The number of hydrogen-bond acceptors (Lipinski definition) is 4. The number of aromatic nitrogens is 3. The molecule has 2 aromatic heterocycles. The molecule has 0 aliphatic carbocycles. The Hall–Kier alpha value is -0.840. The van der Waals surface area contributed by atoms with E-state index in [-0.39, 0.29) is 0 Å². The summed E-state index contributed by atoms with van der Waals surface area (Å²) in [5, 5.41) is 2.71. The Morgan fingerprint density at radius 1 is 1.17 bits per heavy atom. The van der Waals surface area contributed by atoms with Gasteiger partial charge in [0.15, 0.2) is 0 Å². The fourth-order valence-corrected chi connectivity index (χ4v) is 2.51. The molecular formula is C12H11Cl2N3S. The second-order valence-corrected chi connectivity index (χ2v) is 5.48. The van der Waals surface area contributed by atoms with Crippen molar-refractivity contribution in [3.05, 3.63) is 40.4 Å². The van der Waals surface area contributed by atoms with Gasteiger partial charge in [0.05, 0.1) is 5.02 Å². The maximum absolute atomic E-state index is 5.97. The monoisotopic (exact) mass is 299 g/mol. The molecule has 3 nitrogen and oxygen atoms in total. The minimum absolute atomic E-state index is 0.463. The van der Waals surface area contributed by atoms with Crippen LogP contribution in [0.1, 0.15) is 19.2 Å². The number of halogens is 2. The first kappa shape index (κ1) is 13.6. The SMILES string of the molecule is CCCc1nc(Cl)cc(Sc2ccc(Cl)cn2)n1. The summed E-state index contributed by atoms with van der Waals surface area (Å²) in [5.74, 6) is 0.765. The highest BCUT2D eigenvalue weighted by Crippen LogP contribution is 2.26. The van der Waals surface area contributed by atoms with Crippen molar-refractivity contribution in [2.75, 3.05) is 0 Å². The number of nitrogens with zero attached hydrogens (tertiary/aromatic N) is 3. The van der Waals surface area contributed by atoms with E-state index in [9.17, 15) is 0 Å². The average molecular weight is 300 g/mol. The van der Waals surface area contributed by atoms with Gasteiger partial charge in [-0.2, -0.15) is 0 Å². The van der Waals surface area contributed by atoms with Crippen LogP contribution in [-0.4, -0.2) is 15.0 Å². The molecule has 0 amide bonds. The van der Waals surface area contributed by atoms with Gasteiger partial charge in [0.2, 0.25) is 0 Å². The molecule has 6 heteroatoms. The Balaban J connectivity index is 2.20. The normalized spacial score (nSPS) is 10.6. The number of aryl methyl sites for hydroxylation is 1. The van der Waals surface area contributed by atoms with Crippen molar-refractivity contribution in [3.63, 3.8) is 0 Å². The van der Waals surface area contributed by atoms with Crippen LogP contribution in [0.25, 0.3) is 0 Å². The molecule has 0 aromatic carbocycles. The van der Waals surface area contributed by atoms with Crippen LogP contribution in [0, 0.1) is 0 Å². The molecule has 18 heavy (non-hydrogen) atoms. The lowest BCUT2D eigenvalue weighted by Crippen LogP contribution is -1.96. The quantitative estimate of drug-likeness (QED) is 0.790. The van der Waals surface area contributed by atoms with Crippen LogP contribution in [0.15, 0.2) is 34.4 Å². The summed E-state index contributed by atoms with van der Waals surface area (Å²) in [4.78, 5) is 12.8. The van der Waals surface area contributed by atoms with Crippen LogP contribution in [0.3, 0.4) is 0 Å². The second kappa shape index (κ2) is 6.36. The molecule has 0 aliphatic heterocycles. The van der Waals surface area contributed by atoms with E-state index in [2.05, 4.69) is 21.9 Å². The van der Waals surface area contributed by atoms with E-state index in [0.717, 1.165) is 28.7 Å². The largest absolute Gasteiger partial charge is 0.248 e. The van der Waals surface area contributed by atoms with Gasteiger partial charge in [0, 0.05) is 18.7 Å². The Morgan fingerprint density at radius 3 is 2.67 bits per heavy atom. The highest BCUT2D eigenvalue weighted by molar-refractivity contribution is 7.99. The van der Waals surface area contributed by atoms with E-state index in [0.29, 0.717) is 10.2 Å². The molecule has 0 N–H and O–H groups in total. The summed E-state index contributed by atoms with van der Waals surface area (Å²) in [6.07, 6.45) is 3.42. The highest BCUT2D eigenvalue weighted by Gasteiger charge is 2.05. The Labute approximate surface area is 120 Å². The molecular weight excluding hydrogens is 289 g/mol. The molecule has 0 atom stereocenters. The van der Waals surface area contributed by atoms with Crippen molar-refractivity contribution in [1.29, 1.82) is 0 Å². The van der Waals surface area contributed by atoms with E-state index in [4.69, 9.17) is 23.2 Å². The van der Waals surface area contributed by atoms with Gasteiger partial charge in [0.25, 0.3) is 0 Å². The van der Waals surface area contributed by atoms with Gasteiger partial charge >= 0.3 is 0 Å². The topological polar surface area (TPSA) is 38.7 Å². The van der Waals surface area contributed by atoms with E-state index in [1.165, 1.54) is 11.8 Å². The third-order valence-electron chi connectivity index (χ3n) is 2.10. The maximum atomic E-state index is 5.97. The second-order valence-electron chi connectivity index (χ2n) is 3.61. The fraction of sp³-hybridized carbons (Fsp3) is 0.250. The fourth-order valence-electron chi connectivity index (χ4n) is 1.36. The molecule has 0 radical (unpaired) electrons. The van der Waals surface area contributed by atoms with Crippen molar-refractivity contribution in [2.24, 2.45) is 0 Å². The molecule has 2 aromatic rings. The average Bonchev–Trinajstić information content (AvgIpc) is 2.32. The maximum Gasteiger partial charge on any atom is 0.133 e. The lowest BCUT2D eigenvalue weighted by atomic mass is 10.3. The minimum atomic E-state index is 0.463. The zero-order valence-corrected chi connectivity index (χ0v) is 12.1. The van der Waals surface area contributed by atoms with Gasteiger partial charge in [-0.15, -0.1) is 0 Å². The van der Waals surface area contributed by atoms with Crippen LogP contribution in [0.2, 0.25) is 10.2 Å². The number of rotatable bonds is 4. The first-order valence-corrected chi connectivity index (χ1v) is 7.07. The standard InChI is InChI=1S/C12H11Cl2N3S/c1-2-3-10-16-9(14)6-12(17-10)18-11-5-4-8(13)7-15-11/h4-7H,2-3H2,1H3. The van der Waals surface area contributed by atoms with E-state index >= 15 is 0 Å². The Morgan fingerprint density at radius 2 is 2.00 bits per heavy atom. The van der Waals surface area contributed by atoms with Crippen LogP contribution >= 0.6 is 35.0 Å². The van der Waals surface area contributed by atoms with E-state index < -0.39 is 0 Å². The van der Waals surface area contributed by atoms with Gasteiger partial charge in [-0.05, 0) is 30.3 Å². The lowest BCUT2D eigenvalue weighted by Gasteiger charge is -2.03. The molecule has 0 spiro atoms. The summed E-state index contributed by atoms with van der Waals surface area (Å²) in [6.45, 7) is 2.08. The molecule has 0 saturated carbocycles. The minimum Gasteiger partial charge on any atom is -0.248 e. The van der Waals surface area contributed by atoms with Gasteiger partial charge in [-0.25, -0.2) is 15.0 Å². The summed E-state index contributed by atoms with van der Waals surface area (Å²) in [6, 6.07) is 5.39. The predicted molar refractivity (Wildman–Crippen MR) is 74.4 cm³/mol. The first-order chi connectivity index (χ1) is 8.67. The van der Waals surface area contributed by atoms with Crippen molar-refractivity contribution in [2.45, 2.75) is 29.8 Å². The molecule has 0 aliphatic rings. The van der Waals surface area contributed by atoms with Gasteiger partial charge in [-0.1, -0.05) is 30.1 Å². The third-order valence-corrected chi connectivity index (χ3v) is 3.39. The molecule has 94 valence electrons. The molecule has 0 fully saturated rings.